The lowest BCUT2D eigenvalue weighted by atomic mass is 9.87. The number of carbonyl (C=O) groups excluding carboxylic acids is 3. The zero-order valence-corrected chi connectivity index (χ0v) is 16.5. The Morgan fingerprint density at radius 1 is 1.10 bits per heavy atom. The zero-order chi connectivity index (χ0) is 20.4. The Hall–Kier alpha value is -3.15. The molecule has 0 radical (unpaired) electrons. The van der Waals surface area contributed by atoms with Crippen LogP contribution in [0.1, 0.15) is 43.4 Å². The quantitative estimate of drug-likeness (QED) is 0.840. The largest absolute Gasteiger partial charge is 0.349 e. The van der Waals surface area contributed by atoms with E-state index in [0.29, 0.717) is 17.9 Å². The van der Waals surface area contributed by atoms with Gasteiger partial charge in [0.25, 0.3) is 0 Å². The summed E-state index contributed by atoms with van der Waals surface area (Å²) >= 11 is 0. The van der Waals surface area contributed by atoms with E-state index < -0.39 is 0 Å². The topological polar surface area (TPSA) is 78.5 Å². The Bertz CT molecular complexity index is 956. The number of fused-ring (bicyclic) bond motifs is 1. The summed E-state index contributed by atoms with van der Waals surface area (Å²) in [7, 11) is 0. The van der Waals surface area contributed by atoms with E-state index in [2.05, 4.69) is 22.8 Å². The number of aryl methyl sites for hydroxylation is 1. The highest BCUT2D eigenvalue weighted by atomic mass is 16.2. The lowest BCUT2D eigenvalue weighted by Gasteiger charge is -2.27. The van der Waals surface area contributed by atoms with Crippen LogP contribution in [-0.4, -0.2) is 24.3 Å². The average Bonchev–Trinajstić information content (AvgIpc) is 3.10. The molecule has 0 spiro atoms. The molecule has 0 saturated carbocycles. The fraction of sp³-hybridized carbons (Fsp3) is 0.348. The van der Waals surface area contributed by atoms with Crippen molar-refractivity contribution in [1.82, 2.24) is 5.32 Å². The maximum absolute atomic E-state index is 12.9. The van der Waals surface area contributed by atoms with Gasteiger partial charge < -0.3 is 15.5 Å². The molecule has 0 bridgehead atoms. The molecular weight excluding hydrogens is 366 g/mol. The summed E-state index contributed by atoms with van der Waals surface area (Å²) in [5.74, 6) is -0.685. The molecule has 2 atom stereocenters. The fourth-order valence-corrected chi connectivity index (χ4v) is 4.28. The highest BCUT2D eigenvalue weighted by Gasteiger charge is 2.36. The minimum atomic E-state index is -0.374. The SMILES string of the molecule is CC(=O)Nc1cccc(N2C[C@H](C(=O)N[C@H]3CCCc4ccccc43)CC2=O)c1. The van der Waals surface area contributed by atoms with Crippen molar-refractivity contribution in [3.05, 3.63) is 59.7 Å². The van der Waals surface area contributed by atoms with Crippen molar-refractivity contribution in [1.29, 1.82) is 0 Å². The third-order valence-electron chi connectivity index (χ3n) is 5.66. The van der Waals surface area contributed by atoms with Gasteiger partial charge in [0.1, 0.15) is 0 Å². The Kier molecular flexibility index (Phi) is 5.34. The van der Waals surface area contributed by atoms with Crippen molar-refractivity contribution in [2.75, 3.05) is 16.8 Å². The van der Waals surface area contributed by atoms with E-state index in [9.17, 15) is 14.4 Å². The predicted molar refractivity (Wildman–Crippen MR) is 111 cm³/mol. The molecule has 1 heterocycles. The van der Waals surface area contributed by atoms with Crippen LogP contribution in [0.3, 0.4) is 0 Å². The third-order valence-corrected chi connectivity index (χ3v) is 5.66. The zero-order valence-electron chi connectivity index (χ0n) is 16.5. The van der Waals surface area contributed by atoms with E-state index in [-0.39, 0.29) is 36.1 Å². The summed E-state index contributed by atoms with van der Waals surface area (Å²) in [5.41, 5.74) is 3.81. The van der Waals surface area contributed by atoms with Gasteiger partial charge in [-0.15, -0.1) is 0 Å². The number of anilines is 2. The summed E-state index contributed by atoms with van der Waals surface area (Å²) < 4.78 is 0. The number of carbonyl (C=O) groups is 3. The molecule has 2 aromatic carbocycles. The third kappa shape index (κ3) is 4.16. The second kappa shape index (κ2) is 8.07. The maximum Gasteiger partial charge on any atom is 0.227 e. The van der Waals surface area contributed by atoms with Gasteiger partial charge in [-0.1, -0.05) is 30.3 Å². The molecule has 1 saturated heterocycles. The van der Waals surface area contributed by atoms with Crippen LogP contribution in [0.5, 0.6) is 0 Å². The highest BCUT2D eigenvalue weighted by Crippen LogP contribution is 2.31. The molecule has 150 valence electrons. The van der Waals surface area contributed by atoms with Crippen molar-refractivity contribution in [3.8, 4) is 0 Å². The Balaban J connectivity index is 1.44. The van der Waals surface area contributed by atoms with E-state index in [0.717, 1.165) is 19.3 Å². The number of hydrogen-bond donors (Lipinski definition) is 2. The van der Waals surface area contributed by atoms with E-state index in [1.54, 1.807) is 23.1 Å². The molecule has 6 heteroatoms. The van der Waals surface area contributed by atoms with Crippen LogP contribution >= 0.6 is 0 Å². The van der Waals surface area contributed by atoms with Gasteiger partial charge in [-0.25, -0.2) is 0 Å². The predicted octanol–water partition coefficient (Wildman–Crippen LogP) is 3.19. The molecule has 2 aromatic rings. The van der Waals surface area contributed by atoms with Gasteiger partial charge in [-0.3, -0.25) is 14.4 Å². The van der Waals surface area contributed by atoms with E-state index >= 15 is 0 Å². The molecule has 1 aliphatic heterocycles. The first-order chi connectivity index (χ1) is 14.0. The number of nitrogens with one attached hydrogen (secondary N) is 2. The summed E-state index contributed by atoms with van der Waals surface area (Å²) in [5, 5.41) is 5.90. The molecule has 1 aliphatic carbocycles. The van der Waals surface area contributed by atoms with Crippen LogP contribution in [-0.2, 0) is 20.8 Å². The standard InChI is InChI=1S/C23H25N3O3/c1-15(27)24-18-8-5-9-19(13-18)26-14-17(12-22(26)28)23(29)25-21-11-4-7-16-6-2-3-10-20(16)21/h2-3,5-6,8-10,13,17,21H,4,7,11-12,14H2,1H3,(H,24,27)(H,25,29)/t17-,21+/m1/s1. The monoisotopic (exact) mass is 391 g/mol. The lowest BCUT2D eigenvalue weighted by Crippen LogP contribution is -2.36. The van der Waals surface area contributed by atoms with Gasteiger partial charge in [0.15, 0.2) is 0 Å². The lowest BCUT2D eigenvalue weighted by molar-refractivity contribution is -0.127. The van der Waals surface area contributed by atoms with Crippen LogP contribution < -0.4 is 15.5 Å². The molecule has 0 aromatic heterocycles. The summed E-state index contributed by atoms with van der Waals surface area (Å²) in [4.78, 5) is 38.4. The Morgan fingerprint density at radius 2 is 1.93 bits per heavy atom. The van der Waals surface area contributed by atoms with Crippen molar-refractivity contribution >= 4 is 29.1 Å². The Labute approximate surface area is 170 Å². The minimum absolute atomic E-state index is 0.0136. The van der Waals surface area contributed by atoms with Crippen molar-refractivity contribution in [2.45, 2.75) is 38.6 Å². The Morgan fingerprint density at radius 3 is 2.76 bits per heavy atom. The van der Waals surface area contributed by atoms with E-state index in [4.69, 9.17) is 0 Å². The maximum atomic E-state index is 12.9. The summed E-state index contributed by atoms with van der Waals surface area (Å²) in [6, 6.07) is 15.4. The summed E-state index contributed by atoms with van der Waals surface area (Å²) in [6.07, 6.45) is 3.22. The number of benzene rings is 2. The van der Waals surface area contributed by atoms with Crippen LogP contribution in [0.2, 0.25) is 0 Å². The first-order valence-electron chi connectivity index (χ1n) is 10.1. The van der Waals surface area contributed by atoms with Gasteiger partial charge in [0, 0.05) is 31.3 Å². The van der Waals surface area contributed by atoms with Gasteiger partial charge in [-0.2, -0.15) is 0 Å². The van der Waals surface area contributed by atoms with E-state index in [1.807, 2.05) is 18.2 Å². The first-order valence-corrected chi connectivity index (χ1v) is 10.1. The van der Waals surface area contributed by atoms with Gasteiger partial charge in [0.05, 0.1) is 12.0 Å². The van der Waals surface area contributed by atoms with Gasteiger partial charge in [0.2, 0.25) is 17.7 Å². The number of amides is 3. The van der Waals surface area contributed by atoms with Crippen LogP contribution in [0, 0.1) is 5.92 Å². The first kappa shape index (κ1) is 19.2. The minimum Gasteiger partial charge on any atom is -0.349 e. The smallest absolute Gasteiger partial charge is 0.227 e. The van der Waals surface area contributed by atoms with Crippen molar-refractivity contribution in [3.63, 3.8) is 0 Å². The van der Waals surface area contributed by atoms with Crippen LogP contribution in [0.4, 0.5) is 11.4 Å². The number of rotatable bonds is 4. The second-order valence-electron chi connectivity index (χ2n) is 7.79. The average molecular weight is 391 g/mol. The molecule has 0 unspecified atom stereocenters. The van der Waals surface area contributed by atoms with Crippen molar-refractivity contribution in [2.24, 2.45) is 5.92 Å². The molecule has 1 fully saturated rings. The van der Waals surface area contributed by atoms with Gasteiger partial charge in [-0.05, 0) is 48.6 Å². The second-order valence-corrected chi connectivity index (χ2v) is 7.79. The van der Waals surface area contributed by atoms with Crippen LogP contribution in [0.25, 0.3) is 0 Å². The molecule has 4 rings (SSSR count). The fourth-order valence-electron chi connectivity index (χ4n) is 4.28. The van der Waals surface area contributed by atoms with Gasteiger partial charge >= 0.3 is 0 Å². The molecule has 2 aliphatic rings. The molecular formula is C23H25N3O3. The number of hydrogen-bond acceptors (Lipinski definition) is 3. The van der Waals surface area contributed by atoms with Crippen LogP contribution in [0.15, 0.2) is 48.5 Å². The number of nitrogens with zero attached hydrogens (tertiary/aromatic N) is 1. The molecule has 6 nitrogen and oxygen atoms in total. The molecule has 3 amide bonds. The molecule has 2 N–H and O–H groups in total. The van der Waals surface area contributed by atoms with Crippen molar-refractivity contribution < 1.29 is 14.4 Å². The molecule has 29 heavy (non-hydrogen) atoms. The normalized spacial score (nSPS) is 20.9. The van der Waals surface area contributed by atoms with E-state index in [1.165, 1.54) is 18.1 Å². The highest BCUT2D eigenvalue weighted by molar-refractivity contribution is 6.01. The summed E-state index contributed by atoms with van der Waals surface area (Å²) in [6.45, 7) is 1.79.